The molecule has 3 heteroatoms. The van der Waals surface area contributed by atoms with Gasteiger partial charge in [-0.2, -0.15) is 0 Å². The van der Waals surface area contributed by atoms with E-state index in [2.05, 4.69) is 20.8 Å². The fourth-order valence-electron chi connectivity index (χ4n) is 3.30. The van der Waals surface area contributed by atoms with Gasteiger partial charge in [-0.15, -0.1) is 0 Å². The number of anilines is 1. The summed E-state index contributed by atoms with van der Waals surface area (Å²) in [4.78, 5) is 0. The van der Waals surface area contributed by atoms with Crippen LogP contribution in [0.5, 0.6) is 5.75 Å². The Bertz CT molecular complexity index is 470. The van der Waals surface area contributed by atoms with Crippen molar-refractivity contribution in [3.63, 3.8) is 0 Å². The van der Waals surface area contributed by atoms with Crippen molar-refractivity contribution >= 4 is 5.69 Å². The first-order valence-electron chi connectivity index (χ1n) is 6.99. The van der Waals surface area contributed by atoms with E-state index in [9.17, 15) is 4.39 Å². The van der Waals surface area contributed by atoms with Crippen molar-refractivity contribution in [1.82, 2.24) is 0 Å². The number of halogens is 1. The molecule has 1 aliphatic rings. The monoisotopic (exact) mass is 265 g/mol. The zero-order valence-electron chi connectivity index (χ0n) is 12.3. The molecule has 2 nitrogen and oxygen atoms in total. The number of hydrogen-bond acceptors (Lipinski definition) is 2. The van der Waals surface area contributed by atoms with Gasteiger partial charge in [-0.05, 0) is 49.1 Å². The molecule has 1 saturated carbocycles. The molecule has 106 valence electrons. The highest BCUT2D eigenvalue weighted by atomic mass is 19.1. The topological polar surface area (TPSA) is 35.2 Å². The molecule has 2 unspecified atom stereocenters. The fourth-order valence-corrected chi connectivity index (χ4v) is 3.30. The van der Waals surface area contributed by atoms with Crippen molar-refractivity contribution in [2.45, 2.75) is 53.1 Å². The first-order valence-corrected chi connectivity index (χ1v) is 6.99. The van der Waals surface area contributed by atoms with Crippen molar-refractivity contribution in [1.29, 1.82) is 0 Å². The maximum atomic E-state index is 13.4. The molecule has 1 aromatic carbocycles. The average molecular weight is 265 g/mol. The summed E-state index contributed by atoms with van der Waals surface area (Å²) in [6.07, 6.45) is 3.46. The summed E-state index contributed by atoms with van der Waals surface area (Å²) in [6, 6.07) is 3.05. The smallest absolute Gasteiger partial charge is 0.143 e. The number of benzene rings is 1. The van der Waals surface area contributed by atoms with Crippen LogP contribution in [0.25, 0.3) is 0 Å². The van der Waals surface area contributed by atoms with Gasteiger partial charge in [-0.1, -0.05) is 20.8 Å². The first kappa shape index (κ1) is 14.2. The van der Waals surface area contributed by atoms with Gasteiger partial charge in [-0.25, -0.2) is 4.39 Å². The van der Waals surface area contributed by atoms with Crippen molar-refractivity contribution in [3.05, 3.63) is 23.5 Å². The fraction of sp³-hybridized carbons (Fsp3) is 0.625. The van der Waals surface area contributed by atoms with Crippen LogP contribution in [0.4, 0.5) is 10.1 Å². The van der Waals surface area contributed by atoms with Crippen LogP contribution < -0.4 is 10.5 Å². The Balaban J connectivity index is 2.15. The van der Waals surface area contributed by atoms with E-state index in [1.807, 2.05) is 0 Å². The Kier molecular flexibility index (Phi) is 3.75. The van der Waals surface area contributed by atoms with Gasteiger partial charge in [0.2, 0.25) is 0 Å². The Hall–Kier alpha value is -1.25. The van der Waals surface area contributed by atoms with Gasteiger partial charge in [0.25, 0.3) is 0 Å². The van der Waals surface area contributed by atoms with Crippen molar-refractivity contribution in [2.24, 2.45) is 11.3 Å². The van der Waals surface area contributed by atoms with E-state index >= 15 is 0 Å². The van der Waals surface area contributed by atoms with Crippen LogP contribution in [0.15, 0.2) is 12.1 Å². The first-order chi connectivity index (χ1) is 8.77. The van der Waals surface area contributed by atoms with Gasteiger partial charge in [-0.3, -0.25) is 0 Å². The Morgan fingerprint density at radius 1 is 1.32 bits per heavy atom. The minimum Gasteiger partial charge on any atom is -0.488 e. The van der Waals surface area contributed by atoms with Crippen molar-refractivity contribution < 1.29 is 9.13 Å². The van der Waals surface area contributed by atoms with E-state index in [0.717, 1.165) is 12.8 Å². The molecule has 0 heterocycles. The number of nitrogen functional groups attached to an aromatic ring is 1. The second-order valence-electron chi connectivity index (χ2n) is 6.79. The molecule has 0 saturated heterocycles. The maximum absolute atomic E-state index is 13.4. The zero-order valence-corrected chi connectivity index (χ0v) is 12.3. The molecule has 19 heavy (non-hydrogen) atoms. The molecule has 1 fully saturated rings. The molecule has 0 bridgehead atoms. The summed E-state index contributed by atoms with van der Waals surface area (Å²) >= 11 is 0. The molecule has 0 radical (unpaired) electrons. The van der Waals surface area contributed by atoms with Crippen LogP contribution in [-0.2, 0) is 0 Å². The van der Waals surface area contributed by atoms with Gasteiger partial charge >= 0.3 is 0 Å². The molecule has 2 atom stereocenters. The lowest BCUT2D eigenvalue weighted by molar-refractivity contribution is 0.0566. The summed E-state index contributed by atoms with van der Waals surface area (Å²) in [5.41, 5.74) is 7.11. The lowest BCUT2D eigenvalue weighted by Crippen LogP contribution is -2.34. The normalized spacial score (nSPS) is 26.2. The van der Waals surface area contributed by atoms with E-state index in [0.29, 0.717) is 28.3 Å². The highest BCUT2D eigenvalue weighted by Crippen LogP contribution is 2.40. The molecule has 1 aliphatic carbocycles. The van der Waals surface area contributed by atoms with Gasteiger partial charge in [0, 0.05) is 6.07 Å². The summed E-state index contributed by atoms with van der Waals surface area (Å²) in [5.74, 6) is 0.993. The standard InChI is InChI=1S/C16H24FNO/c1-10-5-12(9-16(3,4)8-10)19-15-6-11(2)13(17)7-14(15)18/h6-7,10,12H,5,8-9,18H2,1-4H3. The lowest BCUT2D eigenvalue weighted by atomic mass is 9.71. The van der Waals surface area contributed by atoms with Gasteiger partial charge < -0.3 is 10.5 Å². The summed E-state index contributed by atoms with van der Waals surface area (Å²) < 4.78 is 19.4. The van der Waals surface area contributed by atoms with E-state index < -0.39 is 0 Å². The largest absolute Gasteiger partial charge is 0.488 e. The molecule has 1 aromatic rings. The lowest BCUT2D eigenvalue weighted by Gasteiger charge is -2.39. The number of aryl methyl sites for hydroxylation is 1. The number of ether oxygens (including phenoxy) is 1. The maximum Gasteiger partial charge on any atom is 0.143 e. The Labute approximate surface area is 115 Å². The van der Waals surface area contributed by atoms with Crippen LogP contribution in [0.3, 0.4) is 0 Å². The Morgan fingerprint density at radius 3 is 2.63 bits per heavy atom. The molecule has 2 rings (SSSR count). The second kappa shape index (κ2) is 5.03. The van der Waals surface area contributed by atoms with E-state index in [-0.39, 0.29) is 11.9 Å². The highest BCUT2D eigenvalue weighted by molar-refractivity contribution is 5.54. The number of nitrogens with two attached hydrogens (primary N) is 1. The third-order valence-corrected chi connectivity index (χ3v) is 3.93. The predicted molar refractivity (Wildman–Crippen MR) is 76.8 cm³/mol. The summed E-state index contributed by atoms with van der Waals surface area (Å²) in [7, 11) is 0. The average Bonchev–Trinajstić information content (AvgIpc) is 2.22. The third kappa shape index (κ3) is 3.40. The van der Waals surface area contributed by atoms with Crippen LogP contribution in [-0.4, -0.2) is 6.10 Å². The third-order valence-electron chi connectivity index (χ3n) is 3.93. The molecule has 2 N–H and O–H groups in total. The van der Waals surface area contributed by atoms with Gasteiger partial charge in [0.1, 0.15) is 11.6 Å². The molecule has 0 aliphatic heterocycles. The minimum absolute atomic E-state index is 0.172. The Morgan fingerprint density at radius 2 is 2.00 bits per heavy atom. The number of hydrogen-bond donors (Lipinski definition) is 1. The van der Waals surface area contributed by atoms with Gasteiger partial charge in [0.15, 0.2) is 0 Å². The quantitative estimate of drug-likeness (QED) is 0.809. The van der Waals surface area contributed by atoms with Crippen molar-refractivity contribution in [2.75, 3.05) is 5.73 Å². The molecular weight excluding hydrogens is 241 g/mol. The van der Waals surface area contributed by atoms with E-state index in [4.69, 9.17) is 10.5 Å². The zero-order chi connectivity index (χ0) is 14.2. The predicted octanol–water partition coefficient (Wildman–Crippen LogP) is 4.31. The molecule has 0 spiro atoms. The number of rotatable bonds is 2. The van der Waals surface area contributed by atoms with Crippen molar-refractivity contribution in [3.8, 4) is 5.75 Å². The summed E-state index contributed by atoms with van der Waals surface area (Å²) in [6.45, 7) is 8.54. The highest BCUT2D eigenvalue weighted by Gasteiger charge is 2.33. The summed E-state index contributed by atoms with van der Waals surface area (Å²) in [5, 5.41) is 0. The van der Waals surface area contributed by atoms with E-state index in [1.165, 1.54) is 12.5 Å². The second-order valence-corrected chi connectivity index (χ2v) is 6.79. The molecule has 0 amide bonds. The van der Waals surface area contributed by atoms with Crippen LogP contribution >= 0.6 is 0 Å². The van der Waals surface area contributed by atoms with Crippen LogP contribution in [0.1, 0.15) is 45.6 Å². The van der Waals surface area contributed by atoms with Crippen LogP contribution in [0.2, 0.25) is 0 Å². The van der Waals surface area contributed by atoms with E-state index in [1.54, 1.807) is 13.0 Å². The SMILES string of the molecule is Cc1cc(OC2CC(C)CC(C)(C)C2)c(N)cc1F. The molecular formula is C16H24FNO. The van der Waals surface area contributed by atoms with Crippen LogP contribution in [0, 0.1) is 24.1 Å². The van der Waals surface area contributed by atoms with Gasteiger partial charge in [0.05, 0.1) is 11.8 Å². The molecule has 0 aromatic heterocycles. The minimum atomic E-state index is -0.276.